The van der Waals surface area contributed by atoms with Crippen LogP contribution in [0.1, 0.15) is 45.5 Å². The van der Waals surface area contributed by atoms with E-state index in [9.17, 15) is 14.4 Å². The zero-order valence-corrected chi connectivity index (χ0v) is 14.9. The summed E-state index contributed by atoms with van der Waals surface area (Å²) in [6, 6.07) is 11.1. The maximum Gasteiger partial charge on any atom is 0.337 e. The highest BCUT2D eigenvalue weighted by molar-refractivity contribution is 6.19. The van der Waals surface area contributed by atoms with Crippen LogP contribution in [0.4, 0.5) is 11.4 Å². The summed E-state index contributed by atoms with van der Waals surface area (Å²) in [5.41, 5.74) is 3.07. The normalized spacial score (nSPS) is 15.9. The lowest BCUT2D eigenvalue weighted by Crippen LogP contribution is -2.20. The van der Waals surface area contributed by atoms with Crippen molar-refractivity contribution in [2.45, 2.75) is 19.3 Å². The van der Waals surface area contributed by atoms with E-state index in [1.165, 1.54) is 19.2 Å². The van der Waals surface area contributed by atoms with E-state index < -0.39 is 17.9 Å². The van der Waals surface area contributed by atoms with Gasteiger partial charge in [0.15, 0.2) is 0 Å². The molecule has 0 spiro atoms. The Morgan fingerprint density at radius 1 is 1.15 bits per heavy atom. The number of methoxy groups -OCH3 is 1. The number of carbonyl (C=O) groups is 3. The predicted octanol–water partition coefficient (Wildman–Crippen LogP) is 3.39. The van der Waals surface area contributed by atoms with E-state index >= 15 is 0 Å². The number of hydrogen-bond donors (Lipinski definition) is 2. The third-order valence-corrected chi connectivity index (χ3v) is 4.39. The van der Waals surface area contributed by atoms with E-state index in [4.69, 9.17) is 9.84 Å². The standard InChI is InChI=1S/C20H18N2O5/c1-3-15(21-13-7-4-11(5-8-13)19(24)25)17-14-9-6-12(20(26)27-2)10-16(14)22-18(17)23/h4-10,17H,3H2,1-2H3,(H,22,23)(H,24,25). The van der Waals surface area contributed by atoms with E-state index in [2.05, 4.69) is 10.3 Å². The molecule has 0 aromatic heterocycles. The van der Waals surface area contributed by atoms with Crippen LogP contribution < -0.4 is 5.32 Å². The SMILES string of the molecule is CCC(=Nc1ccc(C(=O)O)cc1)C1C(=O)Nc2cc(C(=O)OC)ccc21. The Labute approximate surface area is 155 Å². The molecular weight excluding hydrogens is 348 g/mol. The quantitative estimate of drug-likeness (QED) is 0.623. The van der Waals surface area contributed by atoms with Crippen molar-refractivity contribution in [2.75, 3.05) is 12.4 Å². The fourth-order valence-corrected chi connectivity index (χ4v) is 3.03. The van der Waals surface area contributed by atoms with Crippen LogP contribution in [-0.4, -0.2) is 35.8 Å². The van der Waals surface area contributed by atoms with Crippen molar-refractivity contribution in [3.8, 4) is 0 Å². The summed E-state index contributed by atoms with van der Waals surface area (Å²) in [5.74, 6) is -2.25. The van der Waals surface area contributed by atoms with Gasteiger partial charge in [-0.25, -0.2) is 9.59 Å². The summed E-state index contributed by atoms with van der Waals surface area (Å²) in [6.45, 7) is 1.90. The third kappa shape index (κ3) is 3.57. The second-order valence-electron chi connectivity index (χ2n) is 6.02. The number of amides is 1. The molecule has 2 aromatic carbocycles. The molecule has 2 N–H and O–H groups in total. The van der Waals surface area contributed by atoms with Gasteiger partial charge < -0.3 is 15.2 Å². The molecule has 0 bridgehead atoms. The smallest absolute Gasteiger partial charge is 0.337 e. The van der Waals surface area contributed by atoms with E-state index in [-0.39, 0.29) is 11.5 Å². The number of carboxylic acids is 1. The fourth-order valence-electron chi connectivity index (χ4n) is 3.03. The first-order valence-electron chi connectivity index (χ1n) is 8.38. The molecule has 1 atom stereocenters. The van der Waals surface area contributed by atoms with Crippen molar-refractivity contribution in [1.82, 2.24) is 0 Å². The highest BCUT2D eigenvalue weighted by atomic mass is 16.5. The van der Waals surface area contributed by atoms with E-state index in [0.29, 0.717) is 29.1 Å². The number of anilines is 1. The predicted molar refractivity (Wildman–Crippen MR) is 99.9 cm³/mol. The average molecular weight is 366 g/mol. The molecule has 0 saturated carbocycles. The molecule has 1 aliphatic rings. The first kappa shape index (κ1) is 18.3. The third-order valence-electron chi connectivity index (χ3n) is 4.39. The Bertz CT molecular complexity index is 947. The molecule has 0 saturated heterocycles. The number of nitrogens with one attached hydrogen (secondary N) is 1. The molecule has 138 valence electrons. The first-order chi connectivity index (χ1) is 12.9. The number of benzene rings is 2. The number of esters is 1. The fraction of sp³-hybridized carbons (Fsp3) is 0.200. The Hall–Kier alpha value is -3.48. The number of rotatable bonds is 5. The van der Waals surface area contributed by atoms with Gasteiger partial charge in [-0.1, -0.05) is 13.0 Å². The Morgan fingerprint density at radius 2 is 1.81 bits per heavy atom. The number of ether oxygens (including phenoxy) is 1. The number of fused-ring (bicyclic) bond motifs is 1. The molecule has 1 amide bonds. The maximum atomic E-state index is 12.5. The van der Waals surface area contributed by atoms with Gasteiger partial charge in [0.2, 0.25) is 5.91 Å². The number of hydrogen-bond acceptors (Lipinski definition) is 5. The Kier molecular flexibility index (Phi) is 5.03. The van der Waals surface area contributed by atoms with E-state index in [1.807, 2.05) is 6.92 Å². The van der Waals surface area contributed by atoms with Gasteiger partial charge in [-0.3, -0.25) is 9.79 Å². The van der Waals surface area contributed by atoms with Crippen LogP contribution in [0.15, 0.2) is 47.5 Å². The van der Waals surface area contributed by atoms with Gasteiger partial charge in [0, 0.05) is 11.4 Å². The van der Waals surface area contributed by atoms with Crippen LogP contribution in [0.25, 0.3) is 0 Å². The number of carboxylic acid groups (broad SMARTS) is 1. The Morgan fingerprint density at radius 3 is 2.41 bits per heavy atom. The molecule has 0 aliphatic carbocycles. The van der Waals surface area contributed by atoms with Crippen LogP contribution in [-0.2, 0) is 9.53 Å². The van der Waals surface area contributed by atoms with Crippen molar-refractivity contribution in [1.29, 1.82) is 0 Å². The highest BCUT2D eigenvalue weighted by Crippen LogP contribution is 2.36. The van der Waals surface area contributed by atoms with Crippen molar-refractivity contribution >= 4 is 34.9 Å². The van der Waals surface area contributed by atoms with Gasteiger partial charge in [-0.05, 0) is 48.4 Å². The highest BCUT2D eigenvalue weighted by Gasteiger charge is 2.34. The first-order valence-corrected chi connectivity index (χ1v) is 8.38. The van der Waals surface area contributed by atoms with Crippen molar-refractivity contribution < 1.29 is 24.2 Å². The average Bonchev–Trinajstić information content (AvgIpc) is 3.00. The number of aliphatic imine (C=N–C) groups is 1. The number of nitrogens with zero attached hydrogens (tertiary/aromatic N) is 1. The largest absolute Gasteiger partial charge is 0.478 e. The van der Waals surface area contributed by atoms with Gasteiger partial charge in [-0.15, -0.1) is 0 Å². The lowest BCUT2D eigenvalue weighted by Gasteiger charge is -2.12. The second kappa shape index (κ2) is 7.41. The molecule has 1 heterocycles. The molecular formula is C20H18N2O5. The Balaban J connectivity index is 1.95. The van der Waals surface area contributed by atoms with Crippen molar-refractivity contribution in [3.63, 3.8) is 0 Å². The topological polar surface area (TPSA) is 105 Å². The van der Waals surface area contributed by atoms with Gasteiger partial charge in [0.25, 0.3) is 0 Å². The minimum atomic E-state index is -1.01. The van der Waals surface area contributed by atoms with Crippen LogP contribution in [0, 0.1) is 0 Å². The minimum absolute atomic E-state index is 0.172. The van der Waals surface area contributed by atoms with Crippen LogP contribution in [0.5, 0.6) is 0 Å². The molecule has 27 heavy (non-hydrogen) atoms. The van der Waals surface area contributed by atoms with Gasteiger partial charge in [0.1, 0.15) is 5.92 Å². The van der Waals surface area contributed by atoms with Crippen LogP contribution in [0.2, 0.25) is 0 Å². The van der Waals surface area contributed by atoms with Crippen molar-refractivity contribution in [2.24, 2.45) is 4.99 Å². The van der Waals surface area contributed by atoms with E-state index in [1.54, 1.807) is 30.3 Å². The number of carbonyl (C=O) groups excluding carboxylic acids is 2. The molecule has 2 aromatic rings. The van der Waals surface area contributed by atoms with Gasteiger partial charge >= 0.3 is 11.9 Å². The summed E-state index contributed by atoms with van der Waals surface area (Å²) >= 11 is 0. The lowest BCUT2D eigenvalue weighted by molar-refractivity contribution is -0.115. The number of aromatic carboxylic acids is 1. The van der Waals surface area contributed by atoms with E-state index in [0.717, 1.165) is 5.56 Å². The summed E-state index contributed by atoms with van der Waals surface area (Å²) in [4.78, 5) is 39.7. The summed E-state index contributed by atoms with van der Waals surface area (Å²) < 4.78 is 4.71. The van der Waals surface area contributed by atoms with Crippen LogP contribution in [0.3, 0.4) is 0 Å². The molecule has 1 unspecified atom stereocenters. The zero-order chi connectivity index (χ0) is 19.6. The lowest BCUT2D eigenvalue weighted by atomic mass is 9.93. The molecule has 0 fully saturated rings. The summed E-state index contributed by atoms with van der Waals surface area (Å²) in [5, 5.41) is 11.8. The monoisotopic (exact) mass is 366 g/mol. The second-order valence-corrected chi connectivity index (χ2v) is 6.02. The van der Waals surface area contributed by atoms with Gasteiger partial charge in [0.05, 0.1) is 23.9 Å². The molecule has 1 aliphatic heterocycles. The molecule has 7 nitrogen and oxygen atoms in total. The molecule has 0 radical (unpaired) electrons. The van der Waals surface area contributed by atoms with Crippen molar-refractivity contribution in [3.05, 3.63) is 59.2 Å². The summed E-state index contributed by atoms with van der Waals surface area (Å²) in [6.07, 6.45) is 0.539. The molecule has 3 rings (SSSR count). The van der Waals surface area contributed by atoms with Gasteiger partial charge in [-0.2, -0.15) is 0 Å². The minimum Gasteiger partial charge on any atom is -0.478 e. The zero-order valence-electron chi connectivity index (χ0n) is 14.9. The summed E-state index contributed by atoms with van der Waals surface area (Å²) in [7, 11) is 1.30. The van der Waals surface area contributed by atoms with Crippen LogP contribution >= 0.6 is 0 Å². The molecule has 7 heteroatoms. The maximum absolute atomic E-state index is 12.5.